The third-order valence-electron chi connectivity index (χ3n) is 9.23. The SMILES string of the molecule is C/C=C\C=C/c1cccc2ccc(-c3nc(-c4ccccc4)nc(-c4ccc5cc(-c6cccc7oc8ccccc8c67)ccc5c4)n3)cc12. The molecule has 0 N–H and O–H groups in total. The molecule has 50 heavy (non-hydrogen) atoms. The number of benzene rings is 7. The summed E-state index contributed by atoms with van der Waals surface area (Å²) in [6.45, 7) is 2.02. The minimum Gasteiger partial charge on any atom is -0.456 e. The Morgan fingerprint density at radius 1 is 0.460 bits per heavy atom. The van der Waals surface area contributed by atoms with E-state index in [0.717, 1.165) is 71.5 Å². The molecule has 4 nitrogen and oxygen atoms in total. The first-order chi connectivity index (χ1) is 24.7. The predicted molar refractivity (Wildman–Crippen MR) is 208 cm³/mol. The average Bonchev–Trinajstić information content (AvgIpc) is 3.57. The van der Waals surface area contributed by atoms with Gasteiger partial charge >= 0.3 is 0 Å². The Morgan fingerprint density at radius 2 is 1.10 bits per heavy atom. The van der Waals surface area contributed by atoms with E-state index in [-0.39, 0.29) is 0 Å². The fraction of sp³-hybridized carbons (Fsp3) is 0.0217. The zero-order valence-electron chi connectivity index (χ0n) is 27.4. The molecule has 236 valence electrons. The van der Waals surface area contributed by atoms with Crippen molar-refractivity contribution in [3.05, 3.63) is 169 Å². The Balaban J connectivity index is 1.15. The van der Waals surface area contributed by atoms with Gasteiger partial charge in [0.1, 0.15) is 11.2 Å². The maximum Gasteiger partial charge on any atom is 0.164 e. The largest absolute Gasteiger partial charge is 0.456 e. The van der Waals surface area contributed by atoms with Gasteiger partial charge in [0, 0.05) is 27.5 Å². The van der Waals surface area contributed by atoms with Crippen LogP contribution in [0.5, 0.6) is 0 Å². The van der Waals surface area contributed by atoms with Gasteiger partial charge < -0.3 is 4.42 Å². The zero-order chi connectivity index (χ0) is 33.4. The second-order valence-electron chi connectivity index (χ2n) is 12.4. The molecule has 0 fully saturated rings. The first-order valence-electron chi connectivity index (χ1n) is 16.8. The van der Waals surface area contributed by atoms with Crippen molar-refractivity contribution in [2.24, 2.45) is 0 Å². The van der Waals surface area contributed by atoms with Crippen LogP contribution in [-0.2, 0) is 0 Å². The summed E-state index contributed by atoms with van der Waals surface area (Å²) < 4.78 is 6.17. The summed E-state index contributed by atoms with van der Waals surface area (Å²) in [6, 6.07) is 50.5. The minimum absolute atomic E-state index is 0.635. The Kier molecular flexibility index (Phi) is 7.33. The number of hydrogen-bond acceptors (Lipinski definition) is 4. The lowest BCUT2D eigenvalue weighted by Crippen LogP contribution is -2.00. The molecule has 0 unspecified atom stereocenters. The average molecular weight is 642 g/mol. The molecule has 9 aromatic rings. The molecule has 0 radical (unpaired) electrons. The lowest BCUT2D eigenvalue weighted by Gasteiger charge is -2.11. The molecule has 0 spiro atoms. The van der Waals surface area contributed by atoms with Gasteiger partial charge in [0.2, 0.25) is 0 Å². The second-order valence-corrected chi connectivity index (χ2v) is 12.4. The van der Waals surface area contributed by atoms with Crippen molar-refractivity contribution in [3.8, 4) is 45.3 Å². The van der Waals surface area contributed by atoms with Gasteiger partial charge in [-0.3, -0.25) is 0 Å². The topological polar surface area (TPSA) is 51.8 Å². The van der Waals surface area contributed by atoms with Gasteiger partial charge in [-0.25, -0.2) is 15.0 Å². The van der Waals surface area contributed by atoms with Gasteiger partial charge in [-0.2, -0.15) is 0 Å². The van der Waals surface area contributed by atoms with Gasteiger partial charge in [0.25, 0.3) is 0 Å². The quantitative estimate of drug-likeness (QED) is 0.170. The monoisotopic (exact) mass is 641 g/mol. The van der Waals surface area contributed by atoms with E-state index in [9.17, 15) is 0 Å². The van der Waals surface area contributed by atoms with Gasteiger partial charge in [-0.05, 0) is 75.5 Å². The number of aromatic nitrogens is 3. The van der Waals surface area contributed by atoms with Crippen molar-refractivity contribution in [2.45, 2.75) is 6.92 Å². The second kappa shape index (κ2) is 12.4. The van der Waals surface area contributed by atoms with Crippen LogP contribution < -0.4 is 0 Å². The van der Waals surface area contributed by atoms with Gasteiger partial charge in [0.05, 0.1) is 0 Å². The Hall–Kier alpha value is -6.65. The normalized spacial score (nSPS) is 11.9. The summed E-state index contributed by atoms with van der Waals surface area (Å²) in [5.41, 5.74) is 8.06. The van der Waals surface area contributed by atoms with Crippen LogP contribution in [0.15, 0.2) is 168 Å². The van der Waals surface area contributed by atoms with E-state index in [2.05, 4.69) is 109 Å². The van der Waals surface area contributed by atoms with E-state index in [1.54, 1.807) is 0 Å². The molecule has 4 heteroatoms. The maximum absolute atomic E-state index is 6.17. The summed E-state index contributed by atoms with van der Waals surface area (Å²) in [7, 11) is 0. The molecule has 2 heterocycles. The van der Waals surface area contributed by atoms with Gasteiger partial charge in [0.15, 0.2) is 17.5 Å². The van der Waals surface area contributed by atoms with Gasteiger partial charge in [-0.15, -0.1) is 0 Å². The zero-order valence-corrected chi connectivity index (χ0v) is 27.4. The Morgan fingerprint density at radius 3 is 1.90 bits per heavy atom. The molecule has 9 rings (SSSR count). The molecule has 0 aliphatic heterocycles. The molecule has 0 bridgehead atoms. The molecule has 2 aromatic heterocycles. The van der Waals surface area contributed by atoms with Crippen LogP contribution in [0.2, 0.25) is 0 Å². The van der Waals surface area contributed by atoms with Crippen molar-refractivity contribution in [3.63, 3.8) is 0 Å². The van der Waals surface area contributed by atoms with E-state index in [0.29, 0.717) is 17.5 Å². The number of fused-ring (bicyclic) bond motifs is 5. The van der Waals surface area contributed by atoms with Gasteiger partial charge in [-0.1, -0.05) is 140 Å². The van der Waals surface area contributed by atoms with E-state index >= 15 is 0 Å². The highest BCUT2D eigenvalue weighted by Crippen LogP contribution is 2.38. The molecule has 0 atom stereocenters. The number of nitrogens with zero attached hydrogens (tertiary/aromatic N) is 3. The highest BCUT2D eigenvalue weighted by atomic mass is 16.3. The molecular formula is C46H31N3O. The Labute approximate surface area is 289 Å². The summed E-state index contributed by atoms with van der Waals surface area (Å²) in [5.74, 6) is 1.91. The van der Waals surface area contributed by atoms with Crippen molar-refractivity contribution in [2.75, 3.05) is 0 Å². The van der Waals surface area contributed by atoms with E-state index < -0.39 is 0 Å². The van der Waals surface area contributed by atoms with Crippen molar-refractivity contribution < 1.29 is 4.42 Å². The first-order valence-corrected chi connectivity index (χ1v) is 16.8. The fourth-order valence-electron chi connectivity index (χ4n) is 6.77. The third kappa shape index (κ3) is 5.33. The fourth-order valence-corrected chi connectivity index (χ4v) is 6.77. The van der Waals surface area contributed by atoms with E-state index in [4.69, 9.17) is 19.4 Å². The van der Waals surface area contributed by atoms with Crippen LogP contribution in [0.1, 0.15) is 12.5 Å². The van der Waals surface area contributed by atoms with E-state index in [1.165, 1.54) is 5.39 Å². The molecule has 0 saturated heterocycles. The summed E-state index contributed by atoms with van der Waals surface area (Å²) in [5, 5.41) is 6.83. The molecule has 0 saturated carbocycles. The standard InChI is InChI=1S/C46H31N3O/c1-2-3-5-12-30-15-10-16-31-21-25-37(29-40(30)31)46-48-44(32-13-6-4-7-14-32)47-45(49-46)36-26-23-33-27-35(24-22-34(33)28-36)38-18-11-20-42-43(38)39-17-8-9-19-41(39)50-42/h2-29H,1H3/b3-2-,12-5-. The number of para-hydroxylation sites is 1. The van der Waals surface area contributed by atoms with Crippen LogP contribution in [0.25, 0.3) is 94.8 Å². The highest BCUT2D eigenvalue weighted by molar-refractivity contribution is 6.13. The molecular weight excluding hydrogens is 611 g/mol. The Bertz CT molecular complexity index is 2770. The molecule has 0 aliphatic rings. The predicted octanol–water partition coefficient (Wildman–Crippen LogP) is 12.3. The summed E-state index contributed by atoms with van der Waals surface area (Å²) in [4.78, 5) is 15.1. The summed E-state index contributed by atoms with van der Waals surface area (Å²) >= 11 is 0. The molecule has 0 amide bonds. The van der Waals surface area contributed by atoms with Crippen molar-refractivity contribution >= 4 is 49.6 Å². The van der Waals surface area contributed by atoms with E-state index in [1.807, 2.05) is 67.6 Å². The maximum atomic E-state index is 6.17. The number of furan rings is 1. The van der Waals surface area contributed by atoms with Crippen molar-refractivity contribution in [1.82, 2.24) is 15.0 Å². The number of hydrogen-bond donors (Lipinski definition) is 0. The molecule has 7 aromatic carbocycles. The lowest BCUT2D eigenvalue weighted by molar-refractivity contribution is 0.669. The van der Waals surface area contributed by atoms with Crippen LogP contribution in [-0.4, -0.2) is 15.0 Å². The highest BCUT2D eigenvalue weighted by Gasteiger charge is 2.15. The van der Waals surface area contributed by atoms with Crippen LogP contribution in [0.3, 0.4) is 0 Å². The van der Waals surface area contributed by atoms with Crippen LogP contribution in [0.4, 0.5) is 0 Å². The number of rotatable bonds is 6. The first kappa shape index (κ1) is 29.5. The third-order valence-corrected chi connectivity index (χ3v) is 9.23. The lowest BCUT2D eigenvalue weighted by atomic mass is 9.96. The van der Waals surface area contributed by atoms with Crippen molar-refractivity contribution in [1.29, 1.82) is 0 Å². The minimum atomic E-state index is 0.635. The summed E-state index contributed by atoms with van der Waals surface area (Å²) in [6.07, 6.45) is 8.27. The smallest absolute Gasteiger partial charge is 0.164 e. The van der Waals surface area contributed by atoms with Crippen LogP contribution in [0, 0.1) is 0 Å². The van der Waals surface area contributed by atoms with Crippen LogP contribution >= 0.6 is 0 Å². The number of allylic oxidation sites excluding steroid dienone is 3. The molecule has 0 aliphatic carbocycles.